The van der Waals surface area contributed by atoms with E-state index in [-0.39, 0.29) is 0 Å². The number of carbonyl (C=O) groups excluding carboxylic acids is 2. The van der Waals surface area contributed by atoms with Gasteiger partial charge in [-0.05, 0) is 0 Å². The maximum atomic E-state index is 11.7. The van der Waals surface area contributed by atoms with Gasteiger partial charge in [0, 0.05) is 21.0 Å². The summed E-state index contributed by atoms with van der Waals surface area (Å²) in [6.07, 6.45) is -19.6. The molecular formula is C23H40N2O16. The Morgan fingerprint density at radius 1 is 0.659 bits per heavy atom. The molecule has 41 heavy (non-hydrogen) atoms. The number of ether oxygens (including phenoxy) is 6. The van der Waals surface area contributed by atoms with Crippen LogP contribution < -0.4 is 10.6 Å². The quantitative estimate of drug-likeness (QED) is 0.112. The molecule has 0 bridgehead atoms. The molecule has 3 aliphatic rings. The van der Waals surface area contributed by atoms with E-state index in [1.165, 1.54) is 7.11 Å². The highest BCUT2D eigenvalue weighted by molar-refractivity contribution is 5.73. The third-order valence-corrected chi connectivity index (χ3v) is 7.09. The van der Waals surface area contributed by atoms with Crippen LogP contribution in [0.25, 0.3) is 0 Å². The highest BCUT2D eigenvalue weighted by atomic mass is 16.7. The fraction of sp³-hybridized carbons (Fsp3) is 0.913. The van der Waals surface area contributed by atoms with Crippen LogP contribution in [0.3, 0.4) is 0 Å². The summed E-state index contributed by atoms with van der Waals surface area (Å²) < 4.78 is 33.2. The van der Waals surface area contributed by atoms with Crippen molar-refractivity contribution in [3.8, 4) is 0 Å². The number of hydrogen-bond donors (Lipinski definition) is 10. The molecule has 2 amide bonds. The van der Waals surface area contributed by atoms with Crippen LogP contribution in [0.15, 0.2) is 0 Å². The molecule has 238 valence electrons. The van der Waals surface area contributed by atoms with Crippen LogP contribution >= 0.6 is 0 Å². The molecule has 0 aromatic carbocycles. The van der Waals surface area contributed by atoms with Gasteiger partial charge in [0.25, 0.3) is 0 Å². The zero-order valence-electron chi connectivity index (χ0n) is 22.6. The fourth-order valence-corrected chi connectivity index (χ4v) is 4.94. The van der Waals surface area contributed by atoms with Crippen molar-refractivity contribution in [2.24, 2.45) is 0 Å². The molecule has 3 rings (SSSR count). The summed E-state index contributed by atoms with van der Waals surface area (Å²) in [6, 6.07) is -2.65. The van der Waals surface area contributed by atoms with Crippen molar-refractivity contribution in [1.29, 1.82) is 0 Å². The fourth-order valence-electron chi connectivity index (χ4n) is 4.94. The Hall–Kier alpha value is -1.62. The van der Waals surface area contributed by atoms with Crippen LogP contribution in [0, 0.1) is 0 Å². The summed E-state index contributed by atoms with van der Waals surface area (Å²) in [5.74, 6) is -1.20. The summed E-state index contributed by atoms with van der Waals surface area (Å²) in [6.45, 7) is 0.366. The van der Waals surface area contributed by atoms with Crippen molar-refractivity contribution < 1.29 is 78.9 Å². The van der Waals surface area contributed by atoms with Gasteiger partial charge in [0.2, 0.25) is 11.8 Å². The molecule has 3 fully saturated rings. The molecule has 18 heteroatoms. The summed E-state index contributed by atoms with van der Waals surface area (Å²) >= 11 is 0. The molecule has 0 aromatic rings. The van der Waals surface area contributed by atoms with Crippen molar-refractivity contribution in [1.82, 2.24) is 10.6 Å². The van der Waals surface area contributed by atoms with E-state index in [0.717, 1.165) is 13.8 Å². The molecule has 0 saturated carbocycles. The largest absolute Gasteiger partial charge is 0.394 e. The van der Waals surface area contributed by atoms with Crippen LogP contribution in [0.1, 0.15) is 13.8 Å². The van der Waals surface area contributed by atoms with Gasteiger partial charge in [-0.15, -0.1) is 0 Å². The monoisotopic (exact) mass is 600 g/mol. The predicted octanol–water partition coefficient (Wildman–Crippen LogP) is -6.63. The third-order valence-electron chi connectivity index (χ3n) is 7.09. The van der Waals surface area contributed by atoms with Gasteiger partial charge in [-0.1, -0.05) is 0 Å². The first-order chi connectivity index (χ1) is 19.3. The molecule has 0 aromatic heterocycles. The molecule has 0 radical (unpaired) electrons. The minimum absolute atomic E-state index is 0.517. The molecule has 15 atom stereocenters. The molecule has 10 N–H and O–H groups in total. The number of rotatable bonds is 10. The Labute approximate surface area is 234 Å². The molecule has 0 aliphatic carbocycles. The van der Waals surface area contributed by atoms with Gasteiger partial charge in [-0.2, -0.15) is 0 Å². The van der Waals surface area contributed by atoms with E-state index in [4.69, 9.17) is 28.4 Å². The van der Waals surface area contributed by atoms with Gasteiger partial charge < -0.3 is 79.9 Å². The molecule has 18 nitrogen and oxygen atoms in total. The van der Waals surface area contributed by atoms with Crippen LogP contribution in [-0.4, -0.2) is 172 Å². The van der Waals surface area contributed by atoms with Crippen LogP contribution in [0.4, 0.5) is 0 Å². The van der Waals surface area contributed by atoms with E-state index in [0.29, 0.717) is 0 Å². The zero-order valence-corrected chi connectivity index (χ0v) is 22.6. The van der Waals surface area contributed by atoms with Crippen LogP contribution in [0.5, 0.6) is 0 Å². The van der Waals surface area contributed by atoms with E-state index >= 15 is 0 Å². The number of amides is 2. The van der Waals surface area contributed by atoms with Crippen molar-refractivity contribution in [3.63, 3.8) is 0 Å². The van der Waals surface area contributed by atoms with Crippen LogP contribution in [0.2, 0.25) is 0 Å². The maximum absolute atomic E-state index is 11.7. The SMILES string of the molecule is CO[C@@H]1O[C@H](CO[C@H]2O[C@@H](CO)[C@H](O)[C@@H](O)[C@@H]2NC(C)=O)[C@@H](O)[C@H](O[C@H]2O[C@@H](CO)[C@H](O)[C@@H](O)[C@@H]2NC(C)=O)[C@H]1O. The lowest BCUT2D eigenvalue weighted by molar-refractivity contribution is -0.351. The van der Waals surface area contributed by atoms with E-state index in [1.54, 1.807) is 0 Å². The Kier molecular flexibility index (Phi) is 12.2. The number of aliphatic hydroxyl groups is 8. The topological polar surface area (TPSA) is 275 Å². The average Bonchev–Trinajstić information content (AvgIpc) is 2.92. The van der Waals surface area contributed by atoms with E-state index in [1.807, 2.05) is 0 Å². The second-order valence-electron chi connectivity index (χ2n) is 10.1. The third kappa shape index (κ3) is 7.67. The van der Waals surface area contributed by atoms with E-state index < -0.39 is 124 Å². The molecule has 3 heterocycles. The summed E-state index contributed by atoms with van der Waals surface area (Å²) in [7, 11) is 1.19. The summed E-state index contributed by atoms with van der Waals surface area (Å²) in [4.78, 5) is 23.4. The van der Waals surface area contributed by atoms with Gasteiger partial charge in [0.05, 0.1) is 19.8 Å². The highest BCUT2D eigenvalue weighted by Crippen LogP contribution is 2.30. The van der Waals surface area contributed by atoms with Crippen molar-refractivity contribution in [2.45, 2.75) is 106 Å². The minimum Gasteiger partial charge on any atom is -0.394 e. The van der Waals surface area contributed by atoms with E-state index in [2.05, 4.69) is 10.6 Å². The Morgan fingerprint density at radius 3 is 1.59 bits per heavy atom. The first-order valence-corrected chi connectivity index (χ1v) is 12.9. The second kappa shape index (κ2) is 14.7. The second-order valence-corrected chi connectivity index (χ2v) is 10.1. The standard InChI is InChI=1S/C23H40N2O16/c1-7(28)24-12-17(33)14(30)9(4-26)38-21(12)37-6-11-16(32)20(19(35)23(36-3)40-11)41-22-13(25-8(2)29)18(34)15(31)10(5-27)39-22/h9-23,26-27,30-35H,4-6H2,1-3H3,(H,24,28)(H,25,29)/t9-,10-,11+,12-,13-,14-,15-,16+,17-,18-,19+,20-,21-,22+,23+/m0/s1. The average molecular weight is 601 g/mol. The molecule has 3 aliphatic heterocycles. The van der Waals surface area contributed by atoms with Gasteiger partial charge >= 0.3 is 0 Å². The normalized spacial score (nSPS) is 45.2. The van der Waals surface area contributed by atoms with Gasteiger partial charge in [-0.25, -0.2) is 0 Å². The van der Waals surface area contributed by atoms with Gasteiger partial charge in [-0.3, -0.25) is 9.59 Å². The zero-order chi connectivity index (χ0) is 30.6. The lowest BCUT2D eigenvalue weighted by atomic mass is 9.95. The lowest BCUT2D eigenvalue weighted by Gasteiger charge is -2.47. The van der Waals surface area contributed by atoms with Gasteiger partial charge in [0.15, 0.2) is 18.9 Å². The predicted molar refractivity (Wildman–Crippen MR) is 129 cm³/mol. The summed E-state index contributed by atoms with van der Waals surface area (Å²) in [5, 5.41) is 87.1. The number of hydrogen-bond acceptors (Lipinski definition) is 16. The Balaban J connectivity index is 1.79. The Bertz CT molecular complexity index is 870. The molecular weight excluding hydrogens is 560 g/mol. The van der Waals surface area contributed by atoms with E-state index in [9.17, 15) is 50.4 Å². The number of nitrogens with one attached hydrogen (secondary N) is 2. The molecule has 0 spiro atoms. The Morgan fingerprint density at radius 2 is 1.12 bits per heavy atom. The van der Waals surface area contributed by atoms with Gasteiger partial charge in [0.1, 0.15) is 73.1 Å². The summed E-state index contributed by atoms with van der Waals surface area (Å²) in [5.41, 5.74) is 0. The maximum Gasteiger partial charge on any atom is 0.217 e. The number of carbonyl (C=O) groups is 2. The van der Waals surface area contributed by atoms with Crippen molar-refractivity contribution >= 4 is 11.8 Å². The first kappa shape index (κ1) is 33.9. The first-order valence-electron chi connectivity index (χ1n) is 12.9. The highest BCUT2D eigenvalue weighted by Gasteiger charge is 2.52. The number of aliphatic hydroxyl groups excluding tert-OH is 8. The molecule has 0 unspecified atom stereocenters. The molecule has 3 saturated heterocycles. The van der Waals surface area contributed by atoms with Crippen molar-refractivity contribution in [3.05, 3.63) is 0 Å². The van der Waals surface area contributed by atoms with Crippen LogP contribution in [-0.2, 0) is 38.0 Å². The lowest BCUT2D eigenvalue weighted by Crippen LogP contribution is -2.68. The minimum atomic E-state index is -1.69. The number of methoxy groups -OCH3 is 1. The smallest absolute Gasteiger partial charge is 0.217 e. The van der Waals surface area contributed by atoms with Crippen molar-refractivity contribution in [2.75, 3.05) is 26.9 Å².